The van der Waals surface area contributed by atoms with Crippen LogP contribution in [0.3, 0.4) is 0 Å². The molecular formula is C14H25N3S. The van der Waals surface area contributed by atoms with E-state index in [4.69, 9.17) is 5.73 Å². The van der Waals surface area contributed by atoms with E-state index < -0.39 is 0 Å². The van der Waals surface area contributed by atoms with Crippen molar-refractivity contribution in [2.45, 2.75) is 58.7 Å². The molecule has 102 valence electrons. The van der Waals surface area contributed by atoms with Gasteiger partial charge in [-0.25, -0.2) is 4.98 Å². The summed E-state index contributed by atoms with van der Waals surface area (Å²) in [6.07, 6.45) is 5.51. The zero-order chi connectivity index (χ0) is 13.0. The molecule has 2 rings (SSSR count). The predicted octanol–water partition coefficient (Wildman–Crippen LogP) is 3.00. The van der Waals surface area contributed by atoms with Gasteiger partial charge in [0.1, 0.15) is 5.01 Å². The van der Waals surface area contributed by atoms with E-state index in [0.717, 1.165) is 23.5 Å². The van der Waals surface area contributed by atoms with E-state index in [2.05, 4.69) is 29.1 Å². The molecule has 1 heterocycles. The van der Waals surface area contributed by atoms with Crippen molar-refractivity contribution in [3.05, 3.63) is 16.1 Å². The van der Waals surface area contributed by atoms with Crippen LogP contribution in [-0.2, 0) is 13.1 Å². The smallest absolute Gasteiger partial charge is 0.106 e. The highest BCUT2D eigenvalue weighted by Gasteiger charge is 2.23. The van der Waals surface area contributed by atoms with Gasteiger partial charge in [-0.1, -0.05) is 26.7 Å². The van der Waals surface area contributed by atoms with Gasteiger partial charge in [0, 0.05) is 31.1 Å². The van der Waals surface area contributed by atoms with Gasteiger partial charge in [-0.15, -0.1) is 11.3 Å². The molecule has 0 saturated heterocycles. The van der Waals surface area contributed by atoms with Crippen LogP contribution in [0.4, 0.5) is 0 Å². The molecule has 1 aliphatic rings. The highest BCUT2D eigenvalue weighted by Crippen LogP contribution is 2.26. The highest BCUT2D eigenvalue weighted by atomic mass is 32.1. The Kier molecular flexibility index (Phi) is 5.15. The average molecular weight is 267 g/mol. The van der Waals surface area contributed by atoms with Crippen LogP contribution in [0.5, 0.6) is 0 Å². The SMILES string of the molecule is CC(C)CN(Cc1csc(CN)n1)C1CCCC1. The van der Waals surface area contributed by atoms with Crippen LogP contribution in [0, 0.1) is 5.92 Å². The maximum absolute atomic E-state index is 5.63. The monoisotopic (exact) mass is 267 g/mol. The Morgan fingerprint density at radius 2 is 2.17 bits per heavy atom. The van der Waals surface area contributed by atoms with Crippen molar-refractivity contribution in [1.29, 1.82) is 0 Å². The van der Waals surface area contributed by atoms with Crippen LogP contribution in [-0.4, -0.2) is 22.5 Å². The molecule has 3 nitrogen and oxygen atoms in total. The number of thiazole rings is 1. The first-order valence-corrected chi connectivity index (χ1v) is 7.94. The summed E-state index contributed by atoms with van der Waals surface area (Å²) in [5, 5.41) is 3.23. The Labute approximate surface area is 114 Å². The molecule has 1 fully saturated rings. The van der Waals surface area contributed by atoms with Gasteiger partial charge in [-0.05, 0) is 18.8 Å². The lowest BCUT2D eigenvalue weighted by Crippen LogP contribution is -2.35. The second-order valence-corrected chi connectivity index (χ2v) is 6.64. The third-order valence-corrected chi connectivity index (χ3v) is 4.50. The van der Waals surface area contributed by atoms with E-state index in [-0.39, 0.29) is 0 Å². The molecular weight excluding hydrogens is 242 g/mol. The van der Waals surface area contributed by atoms with E-state index in [0.29, 0.717) is 6.54 Å². The first-order valence-electron chi connectivity index (χ1n) is 7.06. The van der Waals surface area contributed by atoms with Crippen molar-refractivity contribution in [3.63, 3.8) is 0 Å². The van der Waals surface area contributed by atoms with Crippen molar-refractivity contribution in [3.8, 4) is 0 Å². The molecule has 1 saturated carbocycles. The maximum atomic E-state index is 5.63. The molecule has 0 amide bonds. The molecule has 0 aromatic carbocycles. The Hall–Kier alpha value is -0.450. The minimum atomic E-state index is 0.568. The Morgan fingerprint density at radius 3 is 2.72 bits per heavy atom. The summed E-state index contributed by atoms with van der Waals surface area (Å²) in [5.74, 6) is 0.721. The van der Waals surface area contributed by atoms with E-state index in [1.807, 2.05) is 0 Å². The van der Waals surface area contributed by atoms with Gasteiger partial charge in [0.25, 0.3) is 0 Å². The van der Waals surface area contributed by atoms with Gasteiger partial charge in [0.05, 0.1) is 5.69 Å². The number of aromatic nitrogens is 1. The van der Waals surface area contributed by atoms with Crippen LogP contribution in [0.15, 0.2) is 5.38 Å². The summed E-state index contributed by atoms with van der Waals surface area (Å²) in [6.45, 7) is 7.35. The van der Waals surface area contributed by atoms with Crippen LogP contribution in [0.25, 0.3) is 0 Å². The summed E-state index contributed by atoms with van der Waals surface area (Å²) in [7, 11) is 0. The standard InChI is InChI=1S/C14H25N3S/c1-11(2)8-17(13-5-3-4-6-13)9-12-10-18-14(7-15)16-12/h10-11,13H,3-9,15H2,1-2H3. The van der Waals surface area contributed by atoms with Crippen molar-refractivity contribution in [1.82, 2.24) is 9.88 Å². The van der Waals surface area contributed by atoms with Gasteiger partial charge in [0.2, 0.25) is 0 Å². The van der Waals surface area contributed by atoms with Crippen molar-refractivity contribution in [2.75, 3.05) is 6.54 Å². The predicted molar refractivity (Wildman–Crippen MR) is 77.5 cm³/mol. The number of hydrogen-bond donors (Lipinski definition) is 1. The first kappa shape index (κ1) is 14.0. The van der Waals surface area contributed by atoms with Gasteiger partial charge in [0.15, 0.2) is 0 Å². The Morgan fingerprint density at radius 1 is 1.44 bits per heavy atom. The van der Waals surface area contributed by atoms with Gasteiger partial charge < -0.3 is 5.73 Å². The molecule has 0 bridgehead atoms. The Bertz CT molecular complexity index is 356. The van der Waals surface area contributed by atoms with Crippen molar-refractivity contribution >= 4 is 11.3 Å². The normalized spacial score (nSPS) is 17.2. The van der Waals surface area contributed by atoms with Gasteiger partial charge in [-0.2, -0.15) is 0 Å². The van der Waals surface area contributed by atoms with E-state index >= 15 is 0 Å². The number of nitrogens with zero attached hydrogens (tertiary/aromatic N) is 2. The lowest BCUT2D eigenvalue weighted by atomic mass is 10.1. The molecule has 2 N–H and O–H groups in total. The summed E-state index contributed by atoms with van der Waals surface area (Å²) in [4.78, 5) is 7.23. The molecule has 4 heteroatoms. The third kappa shape index (κ3) is 3.77. The largest absolute Gasteiger partial charge is 0.325 e. The van der Waals surface area contributed by atoms with Crippen LogP contribution in [0.1, 0.15) is 50.2 Å². The van der Waals surface area contributed by atoms with E-state index in [9.17, 15) is 0 Å². The van der Waals surface area contributed by atoms with Gasteiger partial charge in [-0.3, -0.25) is 4.90 Å². The molecule has 1 aliphatic carbocycles. The molecule has 0 unspecified atom stereocenters. The second kappa shape index (κ2) is 6.64. The van der Waals surface area contributed by atoms with Crippen molar-refractivity contribution < 1.29 is 0 Å². The van der Waals surface area contributed by atoms with Crippen LogP contribution < -0.4 is 5.73 Å². The van der Waals surface area contributed by atoms with Crippen LogP contribution >= 0.6 is 11.3 Å². The lowest BCUT2D eigenvalue weighted by molar-refractivity contribution is 0.167. The molecule has 0 spiro atoms. The summed E-state index contributed by atoms with van der Waals surface area (Å²) < 4.78 is 0. The summed E-state index contributed by atoms with van der Waals surface area (Å²) in [5.41, 5.74) is 6.83. The molecule has 18 heavy (non-hydrogen) atoms. The molecule has 0 atom stereocenters. The summed E-state index contributed by atoms with van der Waals surface area (Å²) in [6, 6.07) is 0.774. The maximum Gasteiger partial charge on any atom is 0.106 e. The van der Waals surface area contributed by atoms with Gasteiger partial charge >= 0.3 is 0 Å². The van der Waals surface area contributed by atoms with Crippen molar-refractivity contribution in [2.24, 2.45) is 11.7 Å². The van der Waals surface area contributed by atoms with E-state index in [1.54, 1.807) is 11.3 Å². The number of rotatable bonds is 6. The minimum Gasteiger partial charge on any atom is -0.325 e. The lowest BCUT2D eigenvalue weighted by Gasteiger charge is -2.29. The minimum absolute atomic E-state index is 0.568. The number of nitrogens with two attached hydrogens (primary N) is 1. The molecule has 0 radical (unpaired) electrons. The van der Waals surface area contributed by atoms with E-state index in [1.165, 1.54) is 37.9 Å². The zero-order valence-corrected chi connectivity index (χ0v) is 12.4. The quantitative estimate of drug-likeness (QED) is 0.861. The molecule has 1 aromatic heterocycles. The van der Waals surface area contributed by atoms with Crippen LogP contribution in [0.2, 0.25) is 0 Å². The first-order chi connectivity index (χ1) is 8.69. The fraction of sp³-hybridized carbons (Fsp3) is 0.786. The summed E-state index contributed by atoms with van der Waals surface area (Å²) >= 11 is 1.69. The second-order valence-electron chi connectivity index (χ2n) is 5.70. The highest BCUT2D eigenvalue weighted by molar-refractivity contribution is 7.09. The average Bonchev–Trinajstić information content (AvgIpc) is 2.98. The fourth-order valence-electron chi connectivity index (χ4n) is 2.80. The fourth-order valence-corrected chi connectivity index (χ4v) is 3.47. The number of hydrogen-bond acceptors (Lipinski definition) is 4. The molecule has 0 aliphatic heterocycles. The molecule has 1 aromatic rings. The topological polar surface area (TPSA) is 42.1 Å². The Balaban J connectivity index is 1.99. The zero-order valence-electron chi connectivity index (χ0n) is 11.6. The third-order valence-electron chi connectivity index (χ3n) is 3.58.